The highest BCUT2D eigenvalue weighted by atomic mass is 35.5. The summed E-state index contributed by atoms with van der Waals surface area (Å²) in [5, 5.41) is 5.89. The van der Waals surface area contributed by atoms with E-state index in [0.29, 0.717) is 28.0 Å². The number of rotatable bonds is 4. The van der Waals surface area contributed by atoms with Gasteiger partial charge in [-0.15, -0.1) is 11.3 Å². The maximum Gasteiger partial charge on any atom is 0.272 e. The van der Waals surface area contributed by atoms with E-state index in [2.05, 4.69) is 17.4 Å². The summed E-state index contributed by atoms with van der Waals surface area (Å²) < 4.78 is 3.11. The number of halogens is 2. The van der Waals surface area contributed by atoms with Gasteiger partial charge in [-0.2, -0.15) is 0 Å². The Morgan fingerprint density at radius 1 is 1.00 bits per heavy atom. The molecular weight excluding hydrogens is 387 g/mol. The van der Waals surface area contributed by atoms with Gasteiger partial charge in [0.2, 0.25) is 0 Å². The Labute approximate surface area is 164 Å². The number of nitrogens with one attached hydrogen (secondary N) is 1. The molecule has 0 aliphatic heterocycles. The van der Waals surface area contributed by atoms with E-state index in [1.54, 1.807) is 29.5 Å². The summed E-state index contributed by atoms with van der Waals surface area (Å²) in [4.78, 5) is 12.9. The molecule has 4 rings (SSSR count). The van der Waals surface area contributed by atoms with Gasteiger partial charge in [0, 0.05) is 22.3 Å². The number of amides is 1. The van der Waals surface area contributed by atoms with Gasteiger partial charge >= 0.3 is 0 Å². The fraction of sp³-hybridized carbons (Fsp3) is 0.0500. The second-order valence-electron chi connectivity index (χ2n) is 5.88. The maximum absolute atomic E-state index is 12.9. The maximum atomic E-state index is 12.9. The lowest BCUT2D eigenvalue weighted by Gasteiger charge is -2.11. The molecule has 1 amide bonds. The number of hydrogen-bond donors (Lipinski definition) is 1. The molecule has 2 aromatic carbocycles. The van der Waals surface area contributed by atoms with Gasteiger partial charge in [-0.1, -0.05) is 53.5 Å². The first kappa shape index (κ1) is 17.2. The lowest BCUT2D eigenvalue weighted by atomic mass is 10.2. The Morgan fingerprint density at radius 3 is 2.46 bits per heavy atom. The van der Waals surface area contributed by atoms with Crippen molar-refractivity contribution in [2.45, 2.75) is 6.54 Å². The highest BCUT2D eigenvalue weighted by Gasteiger charge is 2.17. The molecule has 0 saturated heterocycles. The van der Waals surface area contributed by atoms with E-state index in [1.807, 2.05) is 40.3 Å². The molecule has 0 radical (unpaired) electrons. The summed E-state index contributed by atoms with van der Waals surface area (Å²) in [5.74, 6) is -0.192. The molecule has 26 heavy (non-hydrogen) atoms. The van der Waals surface area contributed by atoms with E-state index < -0.39 is 0 Å². The van der Waals surface area contributed by atoms with Gasteiger partial charge in [0.05, 0.1) is 10.2 Å². The average molecular weight is 401 g/mol. The fourth-order valence-electron chi connectivity index (χ4n) is 2.92. The molecule has 0 saturated carbocycles. The number of carbonyl (C=O) groups is 1. The standard InChI is InChI=1S/C20H14Cl2N2OS/c21-14-8-15(22)10-16(9-14)23-20(25)18-11-19-17(6-7-26-19)24(18)12-13-4-2-1-3-5-13/h1-11H,12H2,(H,23,25). The number of thiophene rings is 1. The molecule has 2 aromatic heterocycles. The summed E-state index contributed by atoms with van der Waals surface area (Å²) in [7, 11) is 0. The van der Waals surface area contributed by atoms with Crippen LogP contribution in [0, 0.1) is 0 Å². The van der Waals surface area contributed by atoms with Crippen LogP contribution >= 0.6 is 34.5 Å². The van der Waals surface area contributed by atoms with Gasteiger partial charge in [0.25, 0.3) is 5.91 Å². The van der Waals surface area contributed by atoms with Crippen molar-refractivity contribution in [3.05, 3.63) is 87.3 Å². The van der Waals surface area contributed by atoms with Crippen LogP contribution in [0.25, 0.3) is 10.2 Å². The molecule has 0 aliphatic carbocycles. The van der Waals surface area contributed by atoms with Crippen LogP contribution in [-0.2, 0) is 6.54 Å². The average Bonchev–Trinajstić information content (AvgIpc) is 3.17. The lowest BCUT2D eigenvalue weighted by molar-refractivity contribution is 0.101. The van der Waals surface area contributed by atoms with Crippen LogP contribution < -0.4 is 5.32 Å². The molecule has 1 N–H and O–H groups in total. The van der Waals surface area contributed by atoms with Gasteiger partial charge in [0.1, 0.15) is 5.69 Å². The monoisotopic (exact) mass is 400 g/mol. The van der Waals surface area contributed by atoms with Crippen LogP contribution in [0.3, 0.4) is 0 Å². The normalized spacial score (nSPS) is 11.0. The predicted octanol–water partition coefficient (Wildman–Crippen LogP) is 6.31. The minimum Gasteiger partial charge on any atom is -0.331 e. The zero-order chi connectivity index (χ0) is 18.1. The molecule has 0 unspecified atom stereocenters. The first-order valence-corrected chi connectivity index (χ1v) is 9.62. The highest BCUT2D eigenvalue weighted by Crippen LogP contribution is 2.28. The zero-order valence-electron chi connectivity index (χ0n) is 13.6. The third kappa shape index (κ3) is 3.49. The zero-order valence-corrected chi connectivity index (χ0v) is 15.9. The molecule has 4 aromatic rings. The summed E-state index contributed by atoms with van der Waals surface area (Å²) in [6.07, 6.45) is 0. The summed E-state index contributed by atoms with van der Waals surface area (Å²) >= 11 is 13.7. The van der Waals surface area contributed by atoms with Crippen molar-refractivity contribution in [3.8, 4) is 0 Å². The molecule has 0 aliphatic rings. The van der Waals surface area contributed by atoms with E-state index in [4.69, 9.17) is 23.2 Å². The minimum absolute atomic E-state index is 0.192. The van der Waals surface area contributed by atoms with Gasteiger partial charge < -0.3 is 9.88 Å². The molecule has 0 spiro atoms. The Bertz CT molecular complexity index is 1070. The van der Waals surface area contributed by atoms with Crippen LogP contribution in [0.15, 0.2) is 66.0 Å². The Kier molecular flexibility index (Phi) is 4.72. The van der Waals surface area contributed by atoms with Crippen molar-refractivity contribution in [1.82, 2.24) is 4.57 Å². The molecule has 130 valence electrons. The third-order valence-electron chi connectivity index (χ3n) is 4.06. The van der Waals surface area contributed by atoms with Crippen molar-refractivity contribution in [1.29, 1.82) is 0 Å². The summed E-state index contributed by atoms with van der Waals surface area (Å²) in [5.41, 5.74) is 3.36. The Hall–Kier alpha value is -2.27. The van der Waals surface area contributed by atoms with Gasteiger partial charge in [0.15, 0.2) is 0 Å². The molecule has 3 nitrogen and oxygen atoms in total. The molecular formula is C20H14Cl2N2OS. The second-order valence-corrected chi connectivity index (χ2v) is 7.70. The van der Waals surface area contributed by atoms with Crippen molar-refractivity contribution in [3.63, 3.8) is 0 Å². The quantitative estimate of drug-likeness (QED) is 0.427. The number of fused-ring (bicyclic) bond motifs is 1. The van der Waals surface area contributed by atoms with Crippen molar-refractivity contribution >= 4 is 56.3 Å². The van der Waals surface area contributed by atoms with Crippen LogP contribution in [0.5, 0.6) is 0 Å². The molecule has 0 atom stereocenters. The topological polar surface area (TPSA) is 34.0 Å². The lowest BCUT2D eigenvalue weighted by Crippen LogP contribution is -2.17. The van der Waals surface area contributed by atoms with Crippen LogP contribution in [-0.4, -0.2) is 10.5 Å². The van der Waals surface area contributed by atoms with E-state index in [0.717, 1.165) is 15.8 Å². The van der Waals surface area contributed by atoms with Crippen molar-refractivity contribution in [2.24, 2.45) is 0 Å². The van der Waals surface area contributed by atoms with Crippen LogP contribution in [0.2, 0.25) is 10.0 Å². The number of carbonyl (C=O) groups excluding carboxylic acids is 1. The van der Waals surface area contributed by atoms with Crippen LogP contribution in [0.4, 0.5) is 5.69 Å². The minimum atomic E-state index is -0.192. The number of benzene rings is 2. The van der Waals surface area contributed by atoms with Gasteiger partial charge in [-0.25, -0.2) is 0 Å². The van der Waals surface area contributed by atoms with Gasteiger partial charge in [-0.3, -0.25) is 4.79 Å². The smallest absolute Gasteiger partial charge is 0.272 e. The Balaban J connectivity index is 1.70. The number of nitrogens with zero attached hydrogens (tertiary/aromatic N) is 1. The number of aromatic nitrogens is 1. The fourth-order valence-corrected chi connectivity index (χ4v) is 4.27. The highest BCUT2D eigenvalue weighted by molar-refractivity contribution is 7.17. The van der Waals surface area contributed by atoms with Crippen molar-refractivity contribution < 1.29 is 4.79 Å². The van der Waals surface area contributed by atoms with E-state index in [9.17, 15) is 4.79 Å². The molecule has 0 bridgehead atoms. The first-order chi connectivity index (χ1) is 12.6. The summed E-state index contributed by atoms with van der Waals surface area (Å²) in [6, 6.07) is 19.0. The Morgan fingerprint density at radius 2 is 1.73 bits per heavy atom. The SMILES string of the molecule is O=C(Nc1cc(Cl)cc(Cl)c1)c1cc2sccc2n1Cc1ccccc1. The second kappa shape index (κ2) is 7.16. The largest absolute Gasteiger partial charge is 0.331 e. The van der Waals surface area contributed by atoms with Crippen molar-refractivity contribution in [2.75, 3.05) is 5.32 Å². The summed E-state index contributed by atoms with van der Waals surface area (Å²) in [6.45, 7) is 0.625. The number of anilines is 1. The number of hydrogen-bond acceptors (Lipinski definition) is 2. The molecule has 6 heteroatoms. The first-order valence-electron chi connectivity index (χ1n) is 7.98. The van der Waals surface area contributed by atoms with Crippen LogP contribution in [0.1, 0.15) is 16.1 Å². The molecule has 2 heterocycles. The van der Waals surface area contributed by atoms with E-state index in [-0.39, 0.29) is 5.91 Å². The molecule has 0 fully saturated rings. The third-order valence-corrected chi connectivity index (χ3v) is 5.35. The van der Waals surface area contributed by atoms with Gasteiger partial charge in [-0.05, 0) is 41.3 Å². The predicted molar refractivity (Wildman–Crippen MR) is 110 cm³/mol. The van der Waals surface area contributed by atoms with E-state index in [1.165, 1.54) is 0 Å². The van der Waals surface area contributed by atoms with E-state index >= 15 is 0 Å².